The van der Waals surface area contributed by atoms with Gasteiger partial charge in [-0.3, -0.25) is 0 Å². The van der Waals surface area contributed by atoms with Crippen molar-refractivity contribution >= 4 is 11.3 Å². The van der Waals surface area contributed by atoms with Crippen molar-refractivity contribution in [3.05, 3.63) is 144 Å². The van der Waals surface area contributed by atoms with Gasteiger partial charge in [-0.2, -0.15) is 0 Å². The molecule has 0 amide bonds. The minimum atomic E-state index is -0.739. The van der Waals surface area contributed by atoms with Crippen LogP contribution in [-0.4, -0.2) is 10.1 Å². The standard InChI is InChI=1S/C28H21NOS/c30-27-25(29-26(31-27)21-13-5-1-6-14-21)28(22-15-7-2-8-16-22,23-17-9-3-10-18-23)24-19-11-4-12-20-24/h1-20,30H. The van der Waals surface area contributed by atoms with Crippen molar-refractivity contribution in [3.63, 3.8) is 0 Å². The molecule has 0 saturated heterocycles. The molecule has 5 aromatic rings. The van der Waals surface area contributed by atoms with Crippen molar-refractivity contribution in [2.75, 3.05) is 0 Å². The van der Waals surface area contributed by atoms with Gasteiger partial charge >= 0.3 is 0 Å². The quantitative estimate of drug-likeness (QED) is 0.314. The van der Waals surface area contributed by atoms with Crippen LogP contribution in [0.25, 0.3) is 10.6 Å². The molecule has 0 unspecified atom stereocenters. The van der Waals surface area contributed by atoms with Gasteiger partial charge in [-0.15, -0.1) is 0 Å². The lowest BCUT2D eigenvalue weighted by molar-refractivity contribution is 0.472. The smallest absolute Gasteiger partial charge is 0.197 e. The van der Waals surface area contributed by atoms with Crippen molar-refractivity contribution in [1.82, 2.24) is 4.98 Å². The molecule has 0 atom stereocenters. The van der Waals surface area contributed by atoms with E-state index in [2.05, 4.69) is 36.4 Å². The SMILES string of the molecule is Oc1sc(-c2ccccc2)nc1C(c1ccccc1)(c1ccccc1)c1ccccc1. The largest absolute Gasteiger partial charge is 0.498 e. The molecule has 150 valence electrons. The van der Waals surface area contributed by atoms with Crippen molar-refractivity contribution in [2.45, 2.75) is 5.41 Å². The van der Waals surface area contributed by atoms with Crippen molar-refractivity contribution in [3.8, 4) is 15.6 Å². The Morgan fingerprint density at radius 3 is 1.35 bits per heavy atom. The molecule has 0 aliphatic rings. The highest BCUT2D eigenvalue weighted by Gasteiger charge is 2.42. The van der Waals surface area contributed by atoms with Crippen LogP contribution >= 0.6 is 11.3 Å². The van der Waals surface area contributed by atoms with Crippen LogP contribution in [0, 0.1) is 0 Å². The van der Waals surface area contributed by atoms with Gasteiger partial charge in [0.15, 0.2) is 5.06 Å². The molecule has 0 aliphatic carbocycles. The van der Waals surface area contributed by atoms with Crippen LogP contribution in [0.3, 0.4) is 0 Å². The fraction of sp³-hybridized carbons (Fsp3) is 0.0357. The zero-order chi connectivity index (χ0) is 21.1. The average molecular weight is 420 g/mol. The Morgan fingerprint density at radius 1 is 0.548 bits per heavy atom. The Labute approximate surface area is 186 Å². The summed E-state index contributed by atoms with van der Waals surface area (Å²) in [6.45, 7) is 0. The Hall–Kier alpha value is -3.69. The second-order valence-corrected chi connectivity index (χ2v) is 8.36. The lowest BCUT2D eigenvalue weighted by Gasteiger charge is -2.34. The van der Waals surface area contributed by atoms with Crippen molar-refractivity contribution in [1.29, 1.82) is 0 Å². The van der Waals surface area contributed by atoms with Crippen LogP contribution in [0.5, 0.6) is 5.06 Å². The molecule has 0 bridgehead atoms. The predicted molar refractivity (Wildman–Crippen MR) is 128 cm³/mol. The number of aromatic hydroxyl groups is 1. The zero-order valence-electron chi connectivity index (χ0n) is 16.8. The maximum absolute atomic E-state index is 11.3. The summed E-state index contributed by atoms with van der Waals surface area (Å²) in [7, 11) is 0. The summed E-state index contributed by atoms with van der Waals surface area (Å²) >= 11 is 1.32. The molecule has 1 N–H and O–H groups in total. The van der Waals surface area contributed by atoms with Crippen LogP contribution in [0.1, 0.15) is 22.4 Å². The van der Waals surface area contributed by atoms with Crippen LogP contribution in [0.4, 0.5) is 0 Å². The first kappa shape index (κ1) is 19.3. The molecule has 31 heavy (non-hydrogen) atoms. The van der Waals surface area contributed by atoms with E-state index in [1.807, 2.05) is 84.9 Å². The number of aromatic nitrogens is 1. The summed E-state index contributed by atoms with van der Waals surface area (Å²) in [4.78, 5) is 5.05. The van der Waals surface area contributed by atoms with Gasteiger partial charge in [0, 0.05) is 5.56 Å². The molecule has 0 spiro atoms. The van der Waals surface area contributed by atoms with Gasteiger partial charge in [-0.25, -0.2) is 4.98 Å². The summed E-state index contributed by atoms with van der Waals surface area (Å²) < 4.78 is 0. The number of rotatable bonds is 5. The van der Waals surface area contributed by atoms with Crippen LogP contribution < -0.4 is 0 Å². The van der Waals surface area contributed by atoms with Gasteiger partial charge in [-0.05, 0) is 16.7 Å². The van der Waals surface area contributed by atoms with Gasteiger partial charge in [0.25, 0.3) is 0 Å². The average Bonchev–Trinajstić information content (AvgIpc) is 3.24. The van der Waals surface area contributed by atoms with Gasteiger partial charge < -0.3 is 5.11 Å². The predicted octanol–water partition coefficient (Wildman–Crippen LogP) is 6.90. The molecule has 3 heteroatoms. The maximum atomic E-state index is 11.3. The van der Waals surface area contributed by atoms with E-state index in [4.69, 9.17) is 4.98 Å². The Kier molecular flexibility index (Phi) is 5.11. The molecule has 5 rings (SSSR count). The van der Waals surface area contributed by atoms with Crippen LogP contribution in [-0.2, 0) is 5.41 Å². The second kappa shape index (κ2) is 8.21. The molecule has 2 nitrogen and oxygen atoms in total. The monoisotopic (exact) mass is 419 g/mol. The topological polar surface area (TPSA) is 33.1 Å². The third-order valence-corrected chi connectivity index (χ3v) is 6.51. The third kappa shape index (κ3) is 3.33. The number of thiazole rings is 1. The fourth-order valence-electron chi connectivity index (χ4n) is 4.24. The molecule has 4 aromatic carbocycles. The molecular weight excluding hydrogens is 398 g/mol. The van der Waals surface area contributed by atoms with Crippen molar-refractivity contribution < 1.29 is 5.11 Å². The van der Waals surface area contributed by atoms with Crippen LogP contribution in [0.2, 0.25) is 0 Å². The Morgan fingerprint density at radius 2 is 0.935 bits per heavy atom. The van der Waals surface area contributed by atoms with E-state index < -0.39 is 5.41 Å². The highest BCUT2D eigenvalue weighted by molar-refractivity contribution is 7.16. The summed E-state index contributed by atoms with van der Waals surface area (Å²) in [5.74, 6) is 0. The molecule has 0 saturated carbocycles. The zero-order valence-corrected chi connectivity index (χ0v) is 17.7. The van der Waals surface area contributed by atoms with E-state index >= 15 is 0 Å². The first-order valence-electron chi connectivity index (χ1n) is 10.2. The van der Waals surface area contributed by atoms with E-state index in [0.29, 0.717) is 5.69 Å². The minimum Gasteiger partial charge on any atom is -0.498 e. The molecule has 1 aromatic heterocycles. The Bertz CT molecular complexity index is 1170. The first-order valence-corrected chi connectivity index (χ1v) is 11.0. The normalized spacial score (nSPS) is 11.4. The number of nitrogens with zero attached hydrogens (tertiary/aromatic N) is 1. The molecular formula is C28H21NOS. The summed E-state index contributed by atoms with van der Waals surface area (Å²) in [6, 6.07) is 41.0. The summed E-state index contributed by atoms with van der Waals surface area (Å²) in [5, 5.41) is 12.3. The second-order valence-electron chi connectivity index (χ2n) is 7.39. The minimum absolute atomic E-state index is 0.232. The number of hydrogen-bond donors (Lipinski definition) is 1. The maximum Gasteiger partial charge on any atom is 0.197 e. The van der Waals surface area contributed by atoms with E-state index in [-0.39, 0.29) is 5.06 Å². The first-order chi connectivity index (χ1) is 15.3. The summed E-state index contributed by atoms with van der Waals surface area (Å²) in [6.07, 6.45) is 0. The summed E-state index contributed by atoms with van der Waals surface area (Å²) in [5.41, 5.74) is 4.10. The van der Waals surface area contributed by atoms with Gasteiger partial charge in [-0.1, -0.05) is 133 Å². The van der Waals surface area contributed by atoms with Gasteiger partial charge in [0.2, 0.25) is 0 Å². The molecule has 0 fully saturated rings. The lowest BCUT2D eigenvalue weighted by Crippen LogP contribution is -2.31. The lowest BCUT2D eigenvalue weighted by atomic mass is 9.67. The Balaban J connectivity index is 1.87. The number of hydrogen-bond acceptors (Lipinski definition) is 3. The van der Waals surface area contributed by atoms with E-state index in [1.54, 1.807) is 0 Å². The fourth-order valence-corrected chi connectivity index (χ4v) is 5.10. The van der Waals surface area contributed by atoms with E-state index in [1.165, 1.54) is 11.3 Å². The van der Waals surface area contributed by atoms with Crippen LogP contribution in [0.15, 0.2) is 121 Å². The van der Waals surface area contributed by atoms with E-state index in [9.17, 15) is 5.11 Å². The molecule has 1 heterocycles. The van der Waals surface area contributed by atoms with Gasteiger partial charge in [0.1, 0.15) is 10.7 Å². The van der Waals surface area contributed by atoms with E-state index in [0.717, 1.165) is 27.3 Å². The molecule has 0 aliphatic heterocycles. The third-order valence-electron chi connectivity index (χ3n) is 5.61. The number of benzene rings is 4. The molecule has 0 radical (unpaired) electrons. The highest BCUT2D eigenvalue weighted by atomic mass is 32.1. The van der Waals surface area contributed by atoms with Crippen molar-refractivity contribution in [2.24, 2.45) is 0 Å². The highest BCUT2D eigenvalue weighted by Crippen LogP contribution is 2.50. The van der Waals surface area contributed by atoms with Gasteiger partial charge in [0.05, 0.1) is 5.41 Å².